The number of hydrogen-bond acceptors (Lipinski definition) is 3. The minimum absolute atomic E-state index is 0.377. The largest absolute Gasteiger partial charge is 0.485 e. The summed E-state index contributed by atoms with van der Waals surface area (Å²) in [5.74, 6) is 2.34. The zero-order valence-corrected chi connectivity index (χ0v) is 11.3. The van der Waals surface area contributed by atoms with E-state index in [0.717, 1.165) is 28.4 Å². The molecule has 1 aromatic carbocycles. The Kier molecular flexibility index (Phi) is 3.94. The van der Waals surface area contributed by atoms with E-state index in [9.17, 15) is 0 Å². The molecule has 0 aliphatic carbocycles. The molecule has 1 aromatic heterocycles. The number of hydrogen-bond donors (Lipinski definition) is 1. The minimum atomic E-state index is 0.377. The van der Waals surface area contributed by atoms with Crippen molar-refractivity contribution >= 4 is 11.6 Å². The van der Waals surface area contributed by atoms with E-state index in [1.165, 1.54) is 0 Å². The smallest absolute Gasteiger partial charge is 0.146 e. The molecular formula is C14H16ClNO2. The molecule has 0 fully saturated rings. The summed E-state index contributed by atoms with van der Waals surface area (Å²) in [7, 11) is 0. The molecule has 0 aliphatic heterocycles. The van der Waals surface area contributed by atoms with Crippen molar-refractivity contribution in [1.29, 1.82) is 0 Å². The van der Waals surface area contributed by atoms with Crippen LogP contribution in [0.2, 0.25) is 5.02 Å². The minimum Gasteiger partial charge on any atom is -0.485 e. The maximum absolute atomic E-state index is 5.93. The molecule has 0 saturated heterocycles. The number of furan rings is 1. The first-order valence-electron chi connectivity index (χ1n) is 5.77. The SMILES string of the molecule is Cc1ccc(Cl)cc1OCc1cc(C)c(CN)o1. The first-order chi connectivity index (χ1) is 8.60. The zero-order chi connectivity index (χ0) is 13.1. The third kappa shape index (κ3) is 2.86. The second-order valence-electron chi connectivity index (χ2n) is 4.22. The van der Waals surface area contributed by atoms with E-state index < -0.39 is 0 Å². The highest BCUT2D eigenvalue weighted by Gasteiger charge is 2.07. The zero-order valence-electron chi connectivity index (χ0n) is 10.5. The third-order valence-electron chi connectivity index (χ3n) is 2.78. The summed E-state index contributed by atoms with van der Waals surface area (Å²) in [4.78, 5) is 0. The molecule has 0 aliphatic rings. The van der Waals surface area contributed by atoms with Crippen molar-refractivity contribution in [3.05, 3.63) is 51.9 Å². The topological polar surface area (TPSA) is 48.4 Å². The first kappa shape index (κ1) is 13.0. The van der Waals surface area contributed by atoms with Crippen molar-refractivity contribution in [3.8, 4) is 5.75 Å². The molecule has 3 nitrogen and oxygen atoms in total. The van der Waals surface area contributed by atoms with Crippen LogP contribution in [0.4, 0.5) is 0 Å². The molecule has 0 saturated carbocycles. The Bertz CT molecular complexity index is 549. The Balaban J connectivity index is 2.08. The molecule has 0 atom stereocenters. The Morgan fingerprint density at radius 1 is 1.22 bits per heavy atom. The summed E-state index contributed by atoms with van der Waals surface area (Å²) in [6, 6.07) is 7.52. The maximum atomic E-state index is 5.93. The second-order valence-corrected chi connectivity index (χ2v) is 4.66. The number of benzene rings is 1. The quantitative estimate of drug-likeness (QED) is 0.919. The number of rotatable bonds is 4. The predicted octanol–water partition coefficient (Wildman–Crippen LogP) is 3.59. The van der Waals surface area contributed by atoms with Crippen LogP contribution in [0.3, 0.4) is 0 Å². The molecule has 4 heteroatoms. The van der Waals surface area contributed by atoms with Crippen LogP contribution in [-0.4, -0.2) is 0 Å². The van der Waals surface area contributed by atoms with Gasteiger partial charge in [0.25, 0.3) is 0 Å². The summed E-state index contributed by atoms with van der Waals surface area (Å²) in [6.45, 7) is 4.73. The number of ether oxygens (including phenoxy) is 1. The van der Waals surface area contributed by atoms with Crippen LogP contribution in [0.5, 0.6) is 5.75 Å². The van der Waals surface area contributed by atoms with Gasteiger partial charge in [0.05, 0.1) is 6.54 Å². The van der Waals surface area contributed by atoms with Crippen LogP contribution in [0.15, 0.2) is 28.7 Å². The van der Waals surface area contributed by atoms with Gasteiger partial charge in [-0.25, -0.2) is 0 Å². The van der Waals surface area contributed by atoms with E-state index in [2.05, 4.69) is 0 Å². The maximum Gasteiger partial charge on any atom is 0.146 e. The van der Waals surface area contributed by atoms with Crippen LogP contribution < -0.4 is 10.5 Å². The van der Waals surface area contributed by atoms with Crippen molar-refractivity contribution in [2.45, 2.75) is 27.0 Å². The normalized spacial score (nSPS) is 10.7. The summed E-state index contributed by atoms with van der Waals surface area (Å²) in [5.41, 5.74) is 7.66. The lowest BCUT2D eigenvalue weighted by Crippen LogP contribution is -1.96. The Labute approximate surface area is 111 Å². The molecule has 96 valence electrons. The highest BCUT2D eigenvalue weighted by atomic mass is 35.5. The average Bonchev–Trinajstić information content (AvgIpc) is 2.71. The van der Waals surface area contributed by atoms with E-state index in [1.54, 1.807) is 6.07 Å². The molecule has 2 aromatic rings. The molecule has 0 radical (unpaired) electrons. The van der Waals surface area contributed by atoms with Gasteiger partial charge in [-0.1, -0.05) is 17.7 Å². The van der Waals surface area contributed by atoms with Gasteiger partial charge in [0.2, 0.25) is 0 Å². The van der Waals surface area contributed by atoms with Crippen LogP contribution in [0.25, 0.3) is 0 Å². The van der Waals surface area contributed by atoms with E-state index in [-0.39, 0.29) is 0 Å². The van der Waals surface area contributed by atoms with E-state index in [4.69, 9.17) is 26.5 Å². The number of halogens is 1. The van der Waals surface area contributed by atoms with Crippen molar-refractivity contribution in [3.63, 3.8) is 0 Å². The van der Waals surface area contributed by atoms with Crippen molar-refractivity contribution < 1.29 is 9.15 Å². The fraction of sp³-hybridized carbons (Fsp3) is 0.286. The van der Waals surface area contributed by atoms with Crippen molar-refractivity contribution in [2.24, 2.45) is 5.73 Å². The van der Waals surface area contributed by atoms with Gasteiger partial charge in [0.1, 0.15) is 23.9 Å². The fourth-order valence-corrected chi connectivity index (χ4v) is 1.90. The summed E-state index contributed by atoms with van der Waals surface area (Å²) >= 11 is 5.93. The Morgan fingerprint density at radius 2 is 2.00 bits per heavy atom. The van der Waals surface area contributed by atoms with Crippen molar-refractivity contribution in [2.75, 3.05) is 0 Å². The standard InChI is InChI=1S/C14H16ClNO2/c1-9-3-4-11(15)6-13(9)17-8-12-5-10(2)14(7-16)18-12/h3-6H,7-8,16H2,1-2H3. The number of aryl methyl sites for hydroxylation is 2. The van der Waals surface area contributed by atoms with Gasteiger partial charge in [-0.3, -0.25) is 0 Å². The van der Waals surface area contributed by atoms with Crippen LogP contribution in [0.1, 0.15) is 22.6 Å². The molecule has 0 spiro atoms. The van der Waals surface area contributed by atoms with Crippen LogP contribution in [0, 0.1) is 13.8 Å². The monoisotopic (exact) mass is 265 g/mol. The van der Waals surface area contributed by atoms with Crippen molar-refractivity contribution in [1.82, 2.24) is 0 Å². The second kappa shape index (κ2) is 5.46. The number of nitrogens with two attached hydrogens (primary N) is 1. The summed E-state index contributed by atoms with van der Waals surface area (Å²) in [5, 5.41) is 0.661. The molecular weight excluding hydrogens is 250 g/mol. The van der Waals surface area contributed by atoms with E-state index in [1.807, 2.05) is 32.0 Å². The highest BCUT2D eigenvalue weighted by molar-refractivity contribution is 6.30. The molecule has 2 N–H and O–H groups in total. The molecule has 0 amide bonds. The summed E-state index contributed by atoms with van der Waals surface area (Å²) < 4.78 is 11.3. The molecule has 0 unspecified atom stereocenters. The van der Waals surface area contributed by atoms with Gasteiger partial charge in [-0.05, 0) is 43.2 Å². The van der Waals surface area contributed by atoms with Gasteiger partial charge >= 0.3 is 0 Å². The van der Waals surface area contributed by atoms with Gasteiger partial charge in [0, 0.05) is 5.02 Å². The Morgan fingerprint density at radius 3 is 2.67 bits per heavy atom. The lowest BCUT2D eigenvalue weighted by Gasteiger charge is -2.07. The van der Waals surface area contributed by atoms with Gasteiger partial charge < -0.3 is 14.9 Å². The van der Waals surface area contributed by atoms with Crippen LogP contribution in [-0.2, 0) is 13.2 Å². The highest BCUT2D eigenvalue weighted by Crippen LogP contribution is 2.24. The first-order valence-corrected chi connectivity index (χ1v) is 6.15. The van der Waals surface area contributed by atoms with Gasteiger partial charge in [0.15, 0.2) is 0 Å². The van der Waals surface area contributed by atoms with E-state index >= 15 is 0 Å². The molecule has 0 bridgehead atoms. The molecule has 2 rings (SSSR count). The molecule has 1 heterocycles. The fourth-order valence-electron chi connectivity index (χ4n) is 1.74. The van der Waals surface area contributed by atoms with Gasteiger partial charge in [-0.2, -0.15) is 0 Å². The average molecular weight is 266 g/mol. The van der Waals surface area contributed by atoms with Crippen LogP contribution >= 0.6 is 11.6 Å². The predicted molar refractivity (Wildman–Crippen MR) is 71.9 cm³/mol. The summed E-state index contributed by atoms with van der Waals surface area (Å²) in [6.07, 6.45) is 0. The molecule has 18 heavy (non-hydrogen) atoms. The third-order valence-corrected chi connectivity index (χ3v) is 3.01. The van der Waals surface area contributed by atoms with E-state index in [0.29, 0.717) is 18.2 Å². The lowest BCUT2D eigenvalue weighted by atomic mass is 10.2. The lowest BCUT2D eigenvalue weighted by molar-refractivity contribution is 0.264. The van der Waals surface area contributed by atoms with Gasteiger partial charge in [-0.15, -0.1) is 0 Å². The Hall–Kier alpha value is -1.45.